The van der Waals surface area contributed by atoms with Crippen molar-refractivity contribution in [1.82, 2.24) is 0 Å². The van der Waals surface area contributed by atoms with Gasteiger partial charge in [0.25, 0.3) is 0 Å². The normalized spacial score (nSPS) is 10.2. The van der Waals surface area contributed by atoms with Gasteiger partial charge in [-0.15, -0.1) is 0 Å². The van der Waals surface area contributed by atoms with Gasteiger partial charge in [0.15, 0.2) is 0 Å². The molecule has 0 atom stereocenters. The molecule has 0 amide bonds. The minimum atomic E-state index is -0.428. The van der Waals surface area contributed by atoms with Crippen molar-refractivity contribution in [2.24, 2.45) is 0 Å². The number of hydrogen-bond donors (Lipinski definition) is 1. The van der Waals surface area contributed by atoms with Gasteiger partial charge in [0.1, 0.15) is 12.4 Å². The van der Waals surface area contributed by atoms with Gasteiger partial charge in [-0.1, -0.05) is 30.3 Å². The molecule has 4 nitrogen and oxygen atoms in total. The van der Waals surface area contributed by atoms with E-state index in [9.17, 15) is 4.79 Å². The lowest BCUT2D eigenvalue weighted by Gasteiger charge is -2.12. The number of hydrogen-bond acceptors (Lipinski definition) is 4. The second kappa shape index (κ2) is 6.79. The van der Waals surface area contributed by atoms with Crippen molar-refractivity contribution in [2.75, 3.05) is 12.3 Å². The Hall–Kier alpha value is -2.49. The van der Waals surface area contributed by atoms with Crippen LogP contribution < -0.4 is 10.5 Å². The van der Waals surface area contributed by atoms with Gasteiger partial charge in [-0.05, 0) is 37.1 Å². The molecule has 2 aromatic carbocycles. The molecule has 2 rings (SSSR count). The van der Waals surface area contributed by atoms with Crippen molar-refractivity contribution >= 4 is 11.7 Å². The van der Waals surface area contributed by atoms with Crippen molar-refractivity contribution in [1.29, 1.82) is 0 Å². The van der Waals surface area contributed by atoms with Gasteiger partial charge in [0.05, 0.1) is 12.2 Å². The SMILES string of the molecule is CCOC(=O)c1cc(OCc2ccccc2)cc(C)c1N. The number of anilines is 1. The van der Waals surface area contributed by atoms with Gasteiger partial charge >= 0.3 is 5.97 Å². The van der Waals surface area contributed by atoms with E-state index in [1.807, 2.05) is 43.3 Å². The third-order valence-electron chi connectivity index (χ3n) is 3.10. The van der Waals surface area contributed by atoms with Gasteiger partial charge < -0.3 is 15.2 Å². The number of ether oxygens (including phenoxy) is 2. The monoisotopic (exact) mass is 285 g/mol. The van der Waals surface area contributed by atoms with Crippen LogP contribution in [0.1, 0.15) is 28.4 Å². The first-order valence-electron chi connectivity index (χ1n) is 6.85. The largest absolute Gasteiger partial charge is 0.489 e. The summed E-state index contributed by atoms with van der Waals surface area (Å²) in [6, 6.07) is 13.3. The van der Waals surface area contributed by atoms with E-state index in [0.29, 0.717) is 30.2 Å². The van der Waals surface area contributed by atoms with Crippen molar-refractivity contribution in [3.8, 4) is 5.75 Å². The van der Waals surface area contributed by atoms with E-state index in [4.69, 9.17) is 15.2 Å². The maximum absolute atomic E-state index is 11.9. The zero-order valence-corrected chi connectivity index (χ0v) is 12.3. The molecule has 0 fully saturated rings. The minimum absolute atomic E-state index is 0.312. The summed E-state index contributed by atoms with van der Waals surface area (Å²) in [6.07, 6.45) is 0. The van der Waals surface area contributed by atoms with Crippen LogP contribution in [0, 0.1) is 6.92 Å². The number of esters is 1. The highest BCUT2D eigenvalue weighted by molar-refractivity contribution is 5.96. The molecule has 0 saturated heterocycles. The quantitative estimate of drug-likeness (QED) is 0.676. The summed E-state index contributed by atoms with van der Waals surface area (Å²) >= 11 is 0. The molecule has 0 radical (unpaired) electrons. The highest BCUT2D eigenvalue weighted by Gasteiger charge is 2.14. The molecule has 2 aromatic rings. The maximum atomic E-state index is 11.9. The van der Waals surface area contributed by atoms with Crippen molar-refractivity contribution < 1.29 is 14.3 Å². The fourth-order valence-corrected chi connectivity index (χ4v) is 1.97. The minimum Gasteiger partial charge on any atom is -0.489 e. The number of benzene rings is 2. The first-order valence-corrected chi connectivity index (χ1v) is 6.85. The van der Waals surface area contributed by atoms with Crippen LogP contribution in [0.3, 0.4) is 0 Å². The maximum Gasteiger partial charge on any atom is 0.340 e. The third-order valence-corrected chi connectivity index (χ3v) is 3.10. The first-order chi connectivity index (χ1) is 10.1. The van der Waals surface area contributed by atoms with Gasteiger partial charge in [-0.3, -0.25) is 0 Å². The molecule has 0 heterocycles. The van der Waals surface area contributed by atoms with Crippen molar-refractivity contribution in [3.05, 3.63) is 59.2 Å². The van der Waals surface area contributed by atoms with Crippen LogP contribution in [0.25, 0.3) is 0 Å². The standard InChI is InChI=1S/C17H19NO3/c1-3-20-17(19)15-10-14(9-12(2)16(15)18)21-11-13-7-5-4-6-8-13/h4-10H,3,11,18H2,1-2H3. The second-order valence-corrected chi connectivity index (χ2v) is 4.70. The van der Waals surface area contributed by atoms with Crippen LogP contribution in [0.15, 0.2) is 42.5 Å². The van der Waals surface area contributed by atoms with Crippen LogP contribution in [0.4, 0.5) is 5.69 Å². The van der Waals surface area contributed by atoms with Crippen LogP contribution in [0.5, 0.6) is 5.75 Å². The summed E-state index contributed by atoms with van der Waals surface area (Å²) < 4.78 is 10.7. The van der Waals surface area contributed by atoms with E-state index >= 15 is 0 Å². The molecule has 0 bridgehead atoms. The number of nitrogen functional groups attached to an aromatic ring is 1. The molecule has 21 heavy (non-hydrogen) atoms. The van der Waals surface area contributed by atoms with E-state index in [1.165, 1.54) is 0 Å². The smallest absolute Gasteiger partial charge is 0.340 e. The molecule has 0 aromatic heterocycles. The predicted molar refractivity (Wildman–Crippen MR) is 82.3 cm³/mol. The van der Waals surface area contributed by atoms with E-state index in [1.54, 1.807) is 13.0 Å². The van der Waals surface area contributed by atoms with E-state index < -0.39 is 5.97 Å². The molecule has 0 aliphatic heterocycles. The Morgan fingerprint density at radius 1 is 1.19 bits per heavy atom. The van der Waals surface area contributed by atoms with E-state index in [-0.39, 0.29) is 0 Å². The molecule has 0 saturated carbocycles. The van der Waals surface area contributed by atoms with Crippen LogP contribution in [-0.2, 0) is 11.3 Å². The van der Waals surface area contributed by atoms with Gasteiger partial charge in [-0.25, -0.2) is 4.79 Å². The number of nitrogens with two attached hydrogens (primary N) is 1. The second-order valence-electron chi connectivity index (χ2n) is 4.70. The molecule has 0 spiro atoms. The van der Waals surface area contributed by atoms with Crippen LogP contribution in [-0.4, -0.2) is 12.6 Å². The zero-order valence-electron chi connectivity index (χ0n) is 12.3. The summed E-state index contributed by atoms with van der Waals surface area (Å²) in [5, 5.41) is 0. The van der Waals surface area contributed by atoms with Crippen LogP contribution >= 0.6 is 0 Å². The highest BCUT2D eigenvalue weighted by Crippen LogP contribution is 2.25. The fourth-order valence-electron chi connectivity index (χ4n) is 1.97. The lowest BCUT2D eigenvalue weighted by Crippen LogP contribution is -2.10. The predicted octanol–water partition coefficient (Wildman–Crippen LogP) is 3.33. The summed E-state index contributed by atoms with van der Waals surface area (Å²) in [7, 11) is 0. The molecule has 0 unspecified atom stereocenters. The van der Waals surface area contributed by atoms with Gasteiger partial charge in [0, 0.05) is 5.69 Å². The summed E-state index contributed by atoms with van der Waals surface area (Å²) in [4.78, 5) is 11.9. The van der Waals surface area contributed by atoms with Crippen LogP contribution in [0.2, 0.25) is 0 Å². The average Bonchev–Trinajstić information content (AvgIpc) is 2.49. The Kier molecular flexibility index (Phi) is 4.82. The Balaban J connectivity index is 2.18. The highest BCUT2D eigenvalue weighted by atomic mass is 16.5. The summed E-state index contributed by atoms with van der Waals surface area (Å²) in [6.45, 7) is 4.35. The molecule has 2 N–H and O–H groups in total. The number of carbonyl (C=O) groups excluding carboxylic acids is 1. The summed E-state index contributed by atoms with van der Waals surface area (Å²) in [5.74, 6) is 0.178. The Morgan fingerprint density at radius 2 is 1.90 bits per heavy atom. The van der Waals surface area contributed by atoms with Crippen molar-refractivity contribution in [2.45, 2.75) is 20.5 Å². The molecule has 110 valence electrons. The first kappa shape index (κ1) is 14.9. The molecule has 0 aliphatic carbocycles. The Bertz CT molecular complexity index is 623. The molecular formula is C17H19NO3. The topological polar surface area (TPSA) is 61.5 Å². The lowest BCUT2D eigenvalue weighted by molar-refractivity contribution is 0.0527. The number of rotatable bonds is 5. The summed E-state index contributed by atoms with van der Waals surface area (Å²) in [5.41, 5.74) is 8.57. The molecule has 0 aliphatic rings. The number of aryl methyl sites for hydroxylation is 1. The lowest BCUT2D eigenvalue weighted by atomic mass is 10.1. The van der Waals surface area contributed by atoms with E-state index in [2.05, 4.69) is 0 Å². The number of carbonyl (C=O) groups is 1. The Labute approximate surface area is 124 Å². The van der Waals surface area contributed by atoms with E-state index in [0.717, 1.165) is 11.1 Å². The van der Waals surface area contributed by atoms with Crippen molar-refractivity contribution in [3.63, 3.8) is 0 Å². The average molecular weight is 285 g/mol. The van der Waals surface area contributed by atoms with Gasteiger partial charge in [0.2, 0.25) is 0 Å². The zero-order chi connectivity index (χ0) is 15.2. The third kappa shape index (κ3) is 3.75. The Morgan fingerprint density at radius 3 is 2.57 bits per heavy atom. The molecular weight excluding hydrogens is 266 g/mol. The van der Waals surface area contributed by atoms with Gasteiger partial charge in [-0.2, -0.15) is 0 Å². The fraction of sp³-hybridized carbons (Fsp3) is 0.235. The molecule has 4 heteroatoms.